The molecule has 0 saturated heterocycles. The second kappa shape index (κ2) is 7.29. The summed E-state index contributed by atoms with van der Waals surface area (Å²) >= 11 is 0. The largest absolute Gasteiger partial charge is 0.469 e. The Bertz CT molecular complexity index is 502. The van der Waals surface area contributed by atoms with E-state index in [0.717, 1.165) is 38.1 Å². The lowest BCUT2D eigenvalue weighted by atomic mass is 10.1. The molecule has 2 rings (SSSR count). The van der Waals surface area contributed by atoms with E-state index in [0.29, 0.717) is 6.04 Å². The van der Waals surface area contributed by atoms with Crippen LogP contribution in [-0.4, -0.2) is 15.8 Å². The summed E-state index contributed by atoms with van der Waals surface area (Å²) in [7, 11) is 0. The van der Waals surface area contributed by atoms with Crippen molar-refractivity contribution in [3.8, 4) is 0 Å². The van der Waals surface area contributed by atoms with E-state index >= 15 is 0 Å². The number of hydrogen-bond donors (Lipinski definition) is 1. The average molecular weight is 275 g/mol. The molecule has 1 N–H and O–H groups in total. The Morgan fingerprint density at radius 2 is 2.25 bits per heavy atom. The topological polar surface area (TPSA) is 43.0 Å². The molecule has 0 aliphatic heterocycles. The van der Waals surface area contributed by atoms with Crippen LogP contribution in [0.4, 0.5) is 0 Å². The van der Waals surface area contributed by atoms with Crippen LogP contribution in [0, 0.1) is 0 Å². The van der Waals surface area contributed by atoms with Crippen molar-refractivity contribution in [3.63, 3.8) is 0 Å². The number of nitrogens with one attached hydrogen (secondary N) is 1. The highest BCUT2D eigenvalue weighted by Gasteiger charge is 2.08. The standard InChI is InChI=1S/C16H25N3O/c1-4-14-11-15(19(5-2)18-14)12-17-13(3)8-9-16-7-6-10-20-16/h6-7,10-11,13,17H,4-5,8-9,12H2,1-3H3. The van der Waals surface area contributed by atoms with Crippen LogP contribution >= 0.6 is 0 Å². The predicted octanol–water partition coefficient (Wildman–Crippen LogP) is 3.17. The molecule has 2 aromatic heterocycles. The Labute approximate surface area is 121 Å². The van der Waals surface area contributed by atoms with Crippen molar-refractivity contribution in [3.05, 3.63) is 41.6 Å². The molecular formula is C16H25N3O. The van der Waals surface area contributed by atoms with Crippen molar-refractivity contribution < 1.29 is 4.42 Å². The highest BCUT2D eigenvalue weighted by Crippen LogP contribution is 2.08. The van der Waals surface area contributed by atoms with Gasteiger partial charge >= 0.3 is 0 Å². The number of rotatable bonds is 8. The molecule has 0 radical (unpaired) electrons. The molecule has 0 bridgehead atoms. The van der Waals surface area contributed by atoms with Crippen LogP contribution < -0.4 is 5.32 Å². The first-order valence-electron chi connectivity index (χ1n) is 7.54. The van der Waals surface area contributed by atoms with Crippen LogP contribution in [0.5, 0.6) is 0 Å². The van der Waals surface area contributed by atoms with E-state index in [4.69, 9.17) is 4.42 Å². The number of aryl methyl sites for hydroxylation is 3. The average Bonchev–Trinajstić information content (AvgIpc) is 3.11. The van der Waals surface area contributed by atoms with Gasteiger partial charge in [-0.2, -0.15) is 5.10 Å². The summed E-state index contributed by atoms with van der Waals surface area (Å²) in [6.45, 7) is 8.30. The van der Waals surface area contributed by atoms with Gasteiger partial charge in [-0.3, -0.25) is 4.68 Å². The molecule has 4 heteroatoms. The Kier molecular flexibility index (Phi) is 5.41. The molecule has 1 atom stereocenters. The first-order chi connectivity index (χ1) is 9.72. The summed E-state index contributed by atoms with van der Waals surface area (Å²) in [6.07, 6.45) is 4.79. The first kappa shape index (κ1) is 14.9. The third kappa shape index (κ3) is 3.97. The normalized spacial score (nSPS) is 12.8. The van der Waals surface area contributed by atoms with E-state index in [1.807, 2.05) is 12.1 Å². The van der Waals surface area contributed by atoms with Crippen LogP contribution in [0.2, 0.25) is 0 Å². The van der Waals surface area contributed by atoms with Crippen molar-refractivity contribution in [1.29, 1.82) is 0 Å². The summed E-state index contributed by atoms with van der Waals surface area (Å²) in [4.78, 5) is 0. The number of nitrogens with zero attached hydrogens (tertiary/aromatic N) is 2. The van der Waals surface area contributed by atoms with Gasteiger partial charge < -0.3 is 9.73 Å². The number of aromatic nitrogens is 2. The fourth-order valence-electron chi connectivity index (χ4n) is 2.30. The second-order valence-corrected chi connectivity index (χ2v) is 5.20. The summed E-state index contributed by atoms with van der Waals surface area (Å²) in [5.41, 5.74) is 2.45. The minimum Gasteiger partial charge on any atom is -0.469 e. The first-order valence-corrected chi connectivity index (χ1v) is 7.54. The zero-order chi connectivity index (χ0) is 14.4. The van der Waals surface area contributed by atoms with Crippen LogP contribution in [0.15, 0.2) is 28.9 Å². The second-order valence-electron chi connectivity index (χ2n) is 5.20. The van der Waals surface area contributed by atoms with Gasteiger partial charge in [0.1, 0.15) is 5.76 Å². The lowest BCUT2D eigenvalue weighted by molar-refractivity contribution is 0.452. The smallest absolute Gasteiger partial charge is 0.103 e. The molecule has 2 aromatic rings. The van der Waals surface area contributed by atoms with Crippen molar-refractivity contribution in [2.75, 3.05) is 0 Å². The summed E-state index contributed by atoms with van der Waals surface area (Å²) in [5, 5.41) is 8.14. The molecule has 0 spiro atoms. The van der Waals surface area contributed by atoms with Crippen molar-refractivity contribution in [2.24, 2.45) is 0 Å². The molecule has 1 unspecified atom stereocenters. The lowest BCUT2D eigenvalue weighted by Gasteiger charge is -2.13. The Balaban J connectivity index is 1.80. The minimum absolute atomic E-state index is 0.463. The molecule has 4 nitrogen and oxygen atoms in total. The van der Waals surface area contributed by atoms with Gasteiger partial charge in [0, 0.05) is 25.6 Å². The van der Waals surface area contributed by atoms with E-state index in [-0.39, 0.29) is 0 Å². The maximum absolute atomic E-state index is 5.36. The zero-order valence-electron chi connectivity index (χ0n) is 12.7. The quantitative estimate of drug-likeness (QED) is 0.804. The van der Waals surface area contributed by atoms with Gasteiger partial charge in [-0.1, -0.05) is 6.92 Å². The monoisotopic (exact) mass is 275 g/mol. The molecule has 2 heterocycles. The van der Waals surface area contributed by atoms with Gasteiger partial charge in [0.15, 0.2) is 0 Å². The van der Waals surface area contributed by atoms with Crippen LogP contribution in [0.3, 0.4) is 0 Å². The fourth-order valence-corrected chi connectivity index (χ4v) is 2.30. The van der Waals surface area contributed by atoms with Crippen molar-refractivity contribution in [1.82, 2.24) is 15.1 Å². The molecule has 0 aliphatic carbocycles. The highest BCUT2D eigenvalue weighted by atomic mass is 16.3. The molecule has 0 amide bonds. The van der Waals surface area contributed by atoms with Gasteiger partial charge in [-0.25, -0.2) is 0 Å². The van der Waals surface area contributed by atoms with Crippen LogP contribution in [0.25, 0.3) is 0 Å². The van der Waals surface area contributed by atoms with Crippen LogP contribution in [-0.2, 0) is 25.9 Å². The van der Waals surface area contributed by atoms with E-state index < -0.39 is 0 Å². The van der Waals surface area contributed by atoms with Gasteiger partial charge in [0.2, 0.25) is 0 Å². The summed E-state index contributed by atoms with van der Waals surface area (Å²) in [6, 6.07) is 6.65. The highest BCUT2D eigenvalue weighted by molar-refractivity contribution is 5.10. The molecular weight excluding hydrogens is 250 g/mol. The Hall–Kier alpha value is -1.55. The van der Waals surface area contributed by atoms with E-state index in [1.54, 1.807) is 6.26 Å². The minimum atomic E-state index is 0.463. The zero-order valence-corrected chi connectivity index (χ0v) is 12.7. The Morgan fingerprint density at radius 3 is 2.90 bits per heavy atom. The third-order valence-corrected chi connectivity index (χ3v) is 3.61. The van der Waals surface area contributed by atoms with Gasteiger partial charge in [-0.15, -0.1) is 0 Å². The van der Waals surface area contributed by atoms with Crippen molar-refractivity contribution in [2.45, 2.75) is 59.2 Å². The molecule has 110 valence electrons. The molecule has 0 aromatic carbocycles. The Morgan fingerprint density at radius 1 is 1.40 bits per heavy atom. The summed E-state index contributed by atoms with van der Waals surface area (Å²) < 4.78 is 7.45. The summed E-state index contributed by atoms with van der Waals surface area (Å²) in [5.74, 6) is 1.06. The molecule has 20 heavy (non-hydrogen) atoms. The van der Waals surface area contributed by atoms with Crippen LogP contribution in [0.1, 0.15) is 44.3 Å². The van der Waals surface area contributed by atoms with Gasteiger partial charge in [-0.05, 0) is 44.9 Å². The lowest BCUT2D eigenvalue weighted by Crippen LogP contribution is -2.27. The van der Waals surface area contributed by atoms with E-state index in [2.05, 4.69) is 41.9 Å². The number of hydrogen-bond acceptors (Lipinski definition) is 3. The SMILES string of the molecule is CCc1cc(CNC(C)CCc2ccco2)n(CC)n1. The molecule has 0 fully saturated rings. The maximum atomic E-state index is 5.36. The number of furan rings is 1. The fraction of sp³-hybridized carbons (Fsp3) is 0.562. The van der Waals surface area contributed by atoms with Gasteiger partial charge in [0.25, 0.3) is 0 Å². The van der Waals surface area contributed by atoms with Crippen molar-refractivity contribution >= 4 is 0 Å². The van der Waals surface area contributed by atoms with E-state index in [1.165, 1.54) is 11.4 Å². The molecule has 0 saturated carbocycles. The maximum Gasteiger partial charge on any atom is 0.103 e. The predicted molar refractivity (Wildman–Crippen MR) is 80.6 cm³/mol. The van der Waals surface area contributed by atoms with E-state index in [9.17, 15) is 0 Å². The molecule has 0 aliphatic rings. The van der Waals surface area contributed by atoms with Gasteiger partial charge in [0.05, 0.1) is 17.7 Å². The third-order valence-electron chi connectivity index (χ3n) is 3.61.